The molecule has 1 aromatic carbocycles. The van der Waals surface area contributed by atoms with Gasteiger partial charge in [0, 0.05) is 11.8 Å². The average molecular weight is 386 g/mol. The van der Waals surface area contributed by atoms with Gasteiger partial charge in [0.2, 0.25) is 21.8 Å². The minimum Gasteiger partial charge on any atom is -0.494 e. The van der Waals surface area contributed by atoms with Gasteiger partial charge < -0.3 is 21.1 Å². The number of hydrogen-bond acceptors (Lipinski definition) is 6. The van der Waals surface area contributed by atoms with Crippen molar-refractivity contribution in [2.75, 3.05) is 29.4 Å². The number of sulfonamides is 1. The molecule has 0 radical (unpaired) electrons. The van der Waals surface area contributed by atoms with Crippen molar-refractivity contribution < 1.29 is 22.7 Å². The molecule has 0 aromatic heterocycles. The molecular weight excluding hydrogens is 360 g/mol. The van der Waals surface area contributed by atoms with E-state index in [9.17, 15) is 18.0 Å². The topological polar surface area (TPSA) is 140 Å². The summed E-state index contributed by atoms with van der Waals surface area (Å²) in [5.41, 5.74) is 6.36. The minimum absolute atomic E-state index is 0.0400. The smallest absolute Gasteiger partial charge is 0.243 e. The van der Waals surface area contributed by atoms with Crippen LogP contribution < -0.4 is 25.8 Å². The van der Waals surface area contributed by atoms with E-state index in [1.54, 1.807) is 0 Å². The second kappa shape index (κ2) is 9.39. The zero-order chi connectivity index (χ0) is 19.9. The number of anilines is 2. The van der Waals surface area contributed by atoms with Crippen LogP contribution in [0.15, 0.2) is 18.2 Å². The Bertz CT molecular complexity index is 749. The molecule has 146 valence electrons. The van der Waals surface area contributed by atoms with Crippen LogP contribution >= 0.6 is 0 Å². The van der Waals surface area contributed by atoms with E-state index < -0.39 is 27.9 Å². The highest BCUT2D eigenvalue weighted by Gasteiger charge is 2.18. The van der Waals surface area contributed by atoms with E-state index in [2.05, 4.69) is 15.4 Å². The van der Waals surface area contributed by atoms with E-state index in [0.29, 0.717) is 5.69 Å². The van der Waals surface area contributed by atoms with Gasteiger partial charge in [-0.25, -0.2) is 8.42 Å². The number of carbonyl (C=O) groups is 2. The van der Waals surface area contributed by atoms with Gasteiger partial charge in [-0.3, -0.25) is 14.3 Å². The van der Waals surface area contributed by atoms with Crippen LogP contribution in [0.2, 0.25) is 0 Å². The van der Waals surface area contributed by atoms with Crippen molar-refractivity contribution in [2.24, 2.45) is 11.7 Å². The average Bonchev–Trinajstić information content (AvgIpc) is 2.59. The highest BCUT2D eigenvalue weighted by molar-refractivity contribution is 7.92. The zero-order valence-corrected chi connectivity index (χ0v) is 16.1. The van der Waals surface area contributed by atoms with E-state index in [4.69, 9.17) is 10.5 Å². The van der Waals surface area contributed by atoms with Gasteiger partial charge in [-0.05, 0) is 25.0 Å². The Kier molecular flexibility index (Phi) is 7.84. The lowest BCUT2D eigenvalue weighted by Crippen LogP contribution is -2.46. The van der Waals surface area contributed by atoms with Crippen LogP contribution in [0.25, 0.3) is 0 Å². The van der Waals surface area contributed by atoms with E-state index in [1.807, 2.05) is 13.8 Å². The number of rotatable bonds is 9. The van der Waals surface area contributed by atoms with Gasteiger partial charge in [-0.1, -0.05) is 13.8 Å². The van der Waals surface area contributed by atoms with Crippen LogP contribution in [0.3, 0.4) is 0 Å². The summed E-state index contributed by atoms with van der Waals surface area (Å²) in [6, 6.07) is 3.80. The molecule has 9 nitrogen and oxygen atoms in total. The van der Waals surface area contributed by atoms with Crippen LogP contribution in [-0.4, -0.2) is 45.7 Å². The molecule has 1 rings (SSSR count). The SMILES string of the molecule is CCS(=O)(=O)Nc1ccc(NC(=O)CNC(=O)[C@@H](N)C(C)C)cc1OC. The van der Waals surface area contributed by atoms with E-state index in [-0.39, 0.29) is 29.7 Å². The molecule has 26 heavy (non-hydrogen) atoms. The van der Waals surface area contributed by atoms with Crippen molar-refractivity contribution in [1.29, 1.82) is 0 Å². The lowest BCUT2D eigenvalue weighted by molar-refractivity contribution is -0.125. The summed E-state index contributed by atoms with van der Waals surface area (Å²) in [6.07, 6.45) is 0. The molecule has 0 unspecified atom stereocenters. The first kappa shape index (κ1) is 21.7. The molecular formula is C16H26N4O5S. The number of ether oxygens (including phenoxy) is 1. The predicted octanol–water partition coefficient (Wildman–Crippen LogP) is 0.495. The Morgan fingerprint density at radius 3 is 2.46 bits per heavy atom. The predicted molar refractivity (Wildman–Crippen MR) is 101 cm³/mol. The summed E-state index contributed by atoms with van der Waals surface area (Å²) < 4.78 is 30.9. The molecule has 0 heterocycles. The molecule has 0 saturated carbocycles. The first-order valence-corrected chi connectivity index (χ1v) is 9.76. The highest BCUT2D eigenvalue weighted by Crippen LogP contribution is 2.28. The second-order valence-electron chi connectivity index (χ2n) is 5.96. The summed E-state index contributed by atoms with van der Waals surface area (Å²) in [7, 11) is -2.06. The van der Waals surface area contributed by atoms with Gasteiger partial charge in [0.15, 0.2) is 0 Å². The van der Waals surface area contributed by atoms with Gasteiger partial charge in [0.25, 0.3) is 0 Å². The largest absolute Gasteiger partial charge is 0.494 e. The minimum atomic E-state index is -3.45. The normalized spacial score (nSPS) is 12.4. The molecule has 5 N–H and O–H groups in total. The molecule has 0 saturated heterocycles. The maximum Gasteiger partial charge on any atom is 0.243 e. The standard InChI is InChI=1S/C16H26N4O5S/c1-5-26(23,24)20-12-7-6-11(8-13(12)25-4)19-14(21)9-18-16(22)15(17)10(2)3/h6-8,10,15,20H,5,9,17H2,1-4H3,(H,18,22)(H,19,21)/t15-/m0/s1. The fourth-order valence-electron chi connectivity index (χ4n) is 1.89. The van der Waals surface area contributed by atoms with Crippen LogP contribution in [-0.2, 0) is 19.6 Å². The van der Waals surface area contributed by atoms with Gasteiger partial charge >= 0.3 is 0 Å². The number of methoxy groups -OCH3 is 1. The quantitative estimate of drug-likeness (QED) is 0.487. The number of nitrogens with one attached hydrogen (secondary N) is 3. The maximum atomic E-state index is 12.0. The molecule has 0 aliphatic rings. The first-order chi connectivity index (χ1) is 12.1. The summed E-state index contributed by atoms with van der Waals surface area (Å²) in [4.78, 5) is 23.7. The molecule has 0 aliphatic heterocycles. The number of benzene rings is 1. The van der Waals surface area contributed by atoms with Crippen LogP contribution in [0.1, 0.15) is 20.8 Å². The Labute approximate surface area is 153 Å². The summed E-state index contributed by atoms with van der Waals surface area (Å²) in [5, 5.41) is 5.06. The van der Waals surface area contributed by atoms with Crippen molar-refractivity contribution in [1.82, 2.24) is 5.32 Å². The van der Waals surface area contributed by atoms with Crippen LogP contribution in [0.4, 0.5) is 11.4 Å². The Morgan fingerprint density at radius 2 is 1.92 bits per heavy atom. The number of carbonyl (C=O) groups excluding carboxylic acids is 2. The van der Waals surface area contributed by atoms with Crippen LogP contribution in [0.5, 0.6) is 5.75 Å². The molecule has 1 atom stereocenters. The van der Waals surface area contributed by atoms with Crippen LogP contribution in [0, 0.1) is 5.92 Å². The number of hydrogen-bond donors (Lipinski definition) is 4. The molecule has 0 aliphatic carbocycles. The number of amides is 2. The third-order valence-electron chi connectivity index (χ3n) is 3.57. The molecule has 1 aromatic rings. The molecule has 2 amide bonds. The first-order valence-electron chi connectivity index (χ1n) is 8.11. The van der Waals surface area contributed by atoms with Gasteiger partial charge in [-0.2, -0.15) is 0 Å². The molecule has 10 heteroatoms. The maximum absolute atomic E-state index is 12.0. The molecule has 0 fully saturated rings. The summed E-state index contributed by atoms with van der Waals surface area (Å²) in [5.74, 6) is -0.713. The fourth-order valence-corrected chi connectivity index (χ4v) is 2.53. The summed E-state index contributed by atoms with van der Waals surface area (Å²) >= 11 is 0. The summed E-state index contributed by atoms with van der Waals surface area (Å²) in [6.45, 7) is 4.91. The van der Waals surface area contributed by atoms with Crippen molar-refractivity contribution in [2.45, 2.75) is 26.8 Å². The van der Waals surface area contributed by atoms with Gasteiger partial charge in [0.05, 0.1) is 31.1 Å². The monoisotopic (exact) mass is 386 g/mol. The van der Waals surface area contributed by atoms with E-state index in [1.165, 1.54) is 32.2 Å². The number of nitrogens with two attached hydrogens (primary N) is 1. The Balaban J connectivity index is 2.73. The third-order valence-corrected chi connectivity index (χ3v) is 4.87. The Morgan fingerprint density at radius 1 is 1.27 bits per heavy atom. The molecule has 0 spiro atoms. The second-order valence-corrected chi connectivity index (χ2v) is 7.97. The Hall–Kier alpha value is -2.33. The van der Waals surface area contributed by atoms with Gasteiger partial charge in [-0.15, -0.1) is 0 Å². The lowest BCUT2D eigenvalue weighted by atomic mass is 10.1. The highest BCUT2D eigenvalue weighted by atomic mass is 32.2. The fraction of sp³-hybridized carbons (Fsp3) is 0.500. The molecule has 0 bridgehead atoms. The van der Waals surface area contributed by atoms with Crippen molar-refractivity contribution in [3.8, 4) is 5.75 Å². The van der Waals surface area contributed by atoms with Crippen molar-refractivity contribution in [3.05, 3.63) is 18.2 Å². The van der Waals surface area contributed by atoms with Crippen molar-refractivity contribution in [3.63, 3.8) is 0 Å². The van der Waals surface area contributed by atoms with Gasteiger partial charge in [0.1, 0.15) is 5.75 Å². The lowest BCUT2D eigenvalue weighted by Gasteiger charge is -2.15. The van der Waals surface area contributed by atoms with E-state index in [0.717, 1.165) is 0 Å². The third kappa shape index (κ3) is 6.52. The zero-order valence-electron chi connectivity index (χ0n) is 15.3. The van der Waals surface area contributed by atoms with E-state index >= 15 is 0 Å². The van der Waals surface area contributed by atoms with Crippen molar-refractivity contribution >= 4 is 33.2 Å².